The molecule has 1 amide bonds. The number of carboxylic acids is 1. The molecule has 1 aliphatic carbocycles. The first-order chi connectivity index (χ1) is 19.3. The molecule has 1 aromatic carbocycles. The van der Waals surface area contributed by atoms with Crippen LogP contribution in [0.3, 0.4) is 0 Å². The number of nitrogens with one attached hydrogen (secondary N) is 1. The number of amides is 1. The van der Waals surface area contributed by atoms with Crippen LogP contribution < -0.4 is 4.72 Å². The zero-order valence-corrected chi connectivity index (χ0v) is 23.5. The van der Waals surface area contributed by atoms with Gasteiger partial charge in [-0.15, -0.1) is 11.3 Å². The highest BCUT2D eigenvalue weighted by Gasteiger charge is 2.63. The zero-order chi connectivity index (χ0) is 29.6. The van der Waals surface area contributed by atoms with Crippen LogP contribution >= 0.6 is 11.3 Å². The number of carbonyl (C=O) groups is 2. The Kier molecular flexibility index (Phi) is 7.74. The van der Waals surface area contributed by atoms with Gasteiger partial charge in [0, 0.05) is 44.6 Å². The van der Waals surface area contributed by atoms with Crippen LogP contribution in [0.25, 0.3) is 10.6 Å². The molecule has 2 aromatic heterocycles. The number of likely N-dealkylation sites (N-methyl/N-ethyl adjacent to an activating group) is 1. The Labute approximate surface area is 237 Å². The maximum Gasteiger partial charge on any atom is 0.452 e. The molecule has 220 valence electrons. The van der Waals surface area contributed by atoms with Crippen molar-refractivity contribution >= 4 is 33.2 Å². The summed E-state index contributed by atoms with van der Waals surface area (Å²) in [6.07, 6.45) is -4.12. The number of hydrogen-bond acceptors (Lipinski definition) is 8. The van der Waals surface area contributed by atoms with Gasteiger partial charge in [0.25, 0.3) is 10.0 Å². The minimum Gasteiger partial charge on any atom is -0.480 e. The van der Waals surface area contributed by atoms with Crippen molar-refractivity contribution in [2.75, 3.05) is 33.2 Å². The molecule has 3 heterocycles. The zero-order valence-electron chi connectivity index (χ0n) is 21.8. The molecule has 3 aromatic rings. The van der Waals surface area contributed by atoms with Gasteiger partial charge in [0.1, 0.15) is 15.4 Å². The van der Waals surface area contributed by atoms with E-state index in [1.807, 2.05) is 18.0 Å². The lowest BCUT2D eigenvalue weighted by atomic mass is 9.97. The summed E-state index contributed by atoms with van der Waals surface area (Å²) in [6, 6.07) is 10.2. The Morgan fingerprint density at radius 2 is 1.88 bits per heavy atom. The van der Waals surface area contributed by atoms with E-state index in [2.05, 4.69) is 19.3 Å². The van der Waals surface area contributed by atoms with Gasteiger partial charge in [-0.1, -0.05) is 29.4 Å². The molecule has 15 heteroatoms. The van der Waals surface area contributed by atoms with Crippen LogP contribution in [0.15, 0.2) is 51.2 Å². The predicted molar refractivity (Wildman–Crippen MR) is 142 cm³/mol. The second-order valence-electron chi connectivity index (χ2n) is 10.2. The van der Waals surface area contributed by atoms with Gasteiger partial charge in [-0.3, -0.25) is 9.59 Å². The average molecular weight is 613 g/mol. The summed E-state index contributed by atoms with van der Waals surface area (Å²) >= 11 is 0.644. The normalized spacial score (nSPS) is 21.7. The number of nitrogens with zero attached hydrogens (tertiary/aromatic N) is 3. The second-order valence-corrected chi connectivity index (χ2v) is 13.2. The third-order valence-corrected chi connectivity index (χ3v) is 10.6. The number of halogens is 3. The van der Waals surface area contributed by atoms with E-state index in [-0.39, 0.29) is 33.5 Å². The van der Waals surface area contributed by atoms with E-state index in [0.29, 0.717) is 42.5 Å². The maximum atomic E-state index is 13.2. The molecule has 2 aliphatic rings. The first-order valence-corrected chi connectivity index (χ1v) is 15.1. The fourth-order valence-electron chi connectivity index (χ4n) is 5.01. The minimum atomic E-state index is -4.75. The van der Waals surface area contributed by atoms with Crippen LogP contribution in [0.2, 0.25) is 0 Å². The van der Waals surface area contributed by atoms with Gasteiger partial charge in [-0.05, 0) is 43.1 Å². The van der Waals surface area contributed by atoms with Crippen molar-refractivity contribution < 1.29 is 40.8 Å². The molecule has 0 radical (unpaired) electrons. The van der Waals surface area contributed by atoms with E-state index >= 15 is 0 Å². The highest BCUT2D eigenvalue weighted by Crippen LogP contribution is 2.53. The lowest BCUT2D eigenvalue weighted by molar-refractivity contribution is -0.155. The van der Waals surface area contributed by atoms with Crippen molar-refractivity contribution in [3.05, 3.63) is 59.4 Å². The largest absolute Gasteiger partial charge is 0.480 e. The van der Waals surface area contributed by atoms with E-state index in [0.717, 1.165) is 18.7 Å². The number of aromatic nitrogens is 1. The molecule has 10 nitrogen and oxygen atoms in total. The molecule has 2 fully saturated rings. The molecule has 0 spiro atoms. The number of aliphatic carboxylic acids is 1. The fourth-order valence-corrected chi connectivity index (χ4v) is 7.67. The number of alkyl halides is 3. The average Bonchev–Trinajstić information content (AvgIpc) is 3.27. The second kappa shape index (κ2) is 10.9. The van der Waals surface area contributed by atoms with E-state index in [9.17, 15) is 36.3 Å². The standard InChI is InChI=1S/C26H27F3N4O6S2/c1-32-10-12-33(13-11-32)22(34)8-6-16-4-2-3-5-17(16)18-15-25(18,24(35)36)31-41(37,38)23-9-7-20(40-23)19-14-21(39-30-19)26(27,28)29/h2-5,7,9,14,18,31H,6,8,10-13,15H2,1H3,(H,35,36)/t18-,25?/m0/s1. The lowest BCUT2D eigenvalue weighted by Crippen LogP contribution is -2.47. The Hall–Kier alpha value is -3.27. The molecule has 2 N–H and O–H groups in total. The number of thiophene rings is 1. The number of rotatable bonds is 9. The predicted octanol–water partition coefficient (Wildman–Crippen LogP) is 3.42. The summed E-state index contributed by atoms with van der Waals surface area (Å²) in [5.74, 6) is -3.33. The third kappa shape index (κ3) is 6.03. The number of sulfonamides is 1. The fraction of sp³-hybridized carbons (Fsp3) is 0.423. The number of piperazine rings is 1. The van der Waals surface area contributed by atoms with E-state index in [1.165, 1.54) is 12.1 Å². The summed E-state index contributed by atoms with van der Waals surface area (Å²) in [5.41, 5.74) is -0.580. The van der Waals surface area contributed by atoms with Crippen LogP contribution in [-0.4, -0.2) is 79.1 Å². The first kappa shape index (κ1) is 29.2. The van der Waals surface area contributed by atoms with Crippen LogP contribution in [0.5, 0.6) is 0 Å². The van der Waals surface area contributed by atoms with Gasteiger partial charge in [0.2, 0.25) is 11.7 Å². The highest BCUT2D eigenvalue weighted by atomic mass is 32.2. The molecule has 41 heavy (non-hydrogen) atoms. The first-order valence-electron chi connectivity index (χ1n) is 12.8. The summed E-state index contributed by atoms with van der Waals surface area (Å²) in [6.45, 7) is 2.89. The van der Waals surface area contributed by atoms with E-state index < -0.39 is 39.4 Å². The van der Waals surface area contributed by atoms with Crippen LogP contribution in [0.1, 0.15) is 35.6 Å². The molecule has 2 atom stereocenters. The van der Waals surface area contributed by atoms with Crippen molar-refractivity contribution in [1.29, 1.82) is 0 Å². The molecule has 1 saturated carbocycles. The highest BCUT2D eigenvalue weighted by molar-refractivity contribution is 7.91. The molecule has 1 aliphatic heterocycles. The minimum absolute atomic E-state index is 0.00143. The van der Waals surface area contributed by atoms with Crippen molar-refractivity contribution in [3.63, 3.8) is 0 Å². The van der Waals surface area contributed by atoms with Gasteiger partial charge in [-0.25, -0.2) is 8.42 Å². The lowest BCUT2D eigenvalue weighted by Gasteiger charge is -2.32. The smallest absolute Gasteiger partial charge is 0.452 e. The Balaban J connectivity index is 1.31. The van der Waals surface area contributed by atoms with Gasteiger partial charge in [-0.2, -0.15) is 17.9 Å². The Bertz CT molecular complexity index is 1560. The monoisotopic (exact) mass is 612 g/mol. The number of hydrogen-bond donors (Lipinski definition) is 2. The summed E-state index contributed by atoms with van der Waals surface area (Å²) in [5, 5.41) is 13.5. The molecule has 0 bridgehead atoms. The number of carboxylic acid groups (broad SMARTS) is 1. The van der Waals surface area contributed by atoms with Gasteiger partial charge in [0.15, 0.2) is 0 Å². The van der Waals surface area contributed by atoms with Gasteiger partial charge < -0.3 is 19.4 Å². The van der Waals surface area contributed by atoms with E-state index in [1.54, 1.807) is 18.2 Å². The molecular formula is C26H27F3N4O6S2. The summed E-state index contributed by atoms with van der Waals surface area (Å²) in [4.78, 5) is 29.2. The van der Waals surface area contributed by atoms with Crippen LogP contribution in [-0.2, 0) is 32.2 Å². The van der Waals surface area contributed by atoms with Crippen molar-refractivity contribution in [1.82, 2.24) is 19.7 Å². The molecule has 5 rings (SSSR count). The summed E-state index contributed by atoms with van der Waals surface area (Å²) < 4.78 is 71.4. The van der Waals surface area contributed by atoms with Gasteiger partial charge >= 0.3 is 12.1 Å². The van der Waals surface area contributed by atoms with Crippen LogP contribution in [0, 0.1) is 0 Å². The van der Waals surface area contributed by atoms with Gasteiger partial charge in [0.05, 0.1) is 4.88 Å². The molecule has 1 saturated heterocycles. The third-order valence-electron chi connectivity index (χ3n) is 7.44. The number of benzene rings is 1. The molecule has 1 unspecified atom stereocenters. The molecular weight excluding hydrogens is 585 g/mol. The Morgan fingerprint density at radius 1 is 1.17 bits per heavy atom. The summed E-state index contributed by atoms with van der Waals surface area (Å²) in [7, 11) is -2.37. The van der Waals surface area contributed by atoms with Crippen molar-refractivity contribution in [2.24, 2.45) is 0 Å². The number of carbonyl (C=O) groups excluding carboxylic acids is 1. The topological polar surface area (TPSA) is 133 Å². The van der Waals surface area contributed by atoms with Crippen molar-refractivity contribution in [3.8, 4) is 10.6 Å². The SMILES string of the molecule is CN1CCN(C(=O)CCc2ccccc2[C@@H]2CC2(NS(=O)(=O)c2ccc(-c3cc(C(F)(F)F)on3)s2)C(=O)O)CC1. The van der Waals surface area contributed by atoms with E-state index in [4.69, 9.17) is 0 Å². The number of aryl methyl sites for hydroxylation is 1. The Morgan fingerprint density at radius 3 is 2.54 bits per heavy atom. The van der Waals surface area contributed by atoms with Crippen LogP contribution in [0.4, 0.5) is 13.2 Å². The quantitative estimate of drug-likeness (QED) is 0.376. The van der Waals surface area contributed by atoms with Crippen molar-refractivity contribution in [2.45, 2.75) is 41.1 Å². The maximum absolute atomic E-state index is 13.2.